The summed E-state index contributed by atoms with van der Waals surface area (Å²) in [6.45, 7) is 0.0927. The highest BCUT2D eigenvalue weighted by molar-refractivity contribution is 5.81. The van der Waals surface area contributed by atoms with Gasteiger partial charge in [-0.05, 0) is 46.0 Å². The van der Waals surface area contributed by atoms with Crippen LogP contribution in [-0.4, -0.2) is 34.7 Å². The monoisotopic (exact) mass is 538 g/mol. The Labute approximate surface area is 230 Å². The van der Waals surface area contributed by atoms with E-state index in [1.807, 2.05) is 48.5 Å². The van der Waals surface area contributed by atoms with Crippen molar-refractivity contribution in [1.29, 1.82) is 0 Å². The molecule has 0 aromatic heterocycles. The molecular formula is C31H26N2O7. The molecular weight excluding hydrogens is 512 g/mol. The molecule has 1 amide bonds. The van der Waals surface area contributed by atoms with Crippen molar-refractivity contribution < 1.29 is 29.1 Å². The minimum absolute atomic E-state index is 0.0115. The van der Waals surface area contributed by atoms with Crippen LogP contribution in [-0.2, 0) is 22.6 Å². The summed E-state index contributed by atoms with van der Waals surface area (Å²) in [4.78, 5) is 35.2. The number of hydrogen-bond donors (Lipinski definition) is 2. The Hall–Kier alpha value is -5.18. The molecule has 0 spiro atoms. The number of carboxylic acid groups (broad SMARTS) is 1. The minimum Gasteiger partial charge on any atom is -0.489 e. The van der Waals surface area contributed by atoms with Gasteiger partial charge in [-0.3, -0.25) is 10.1 Å². The van der Waals surface area contributed by atoms with Crippen LogP contribution < -0.4 is 10.1 Å². The van der Waals surface area contributed by atoms with Crippen molar-refractivity contribution in [3.63, 3.8) is 0 Å². The minimum atomic E-state index is -1.20. The van der Waals surface area contributed by atoms with E-state index in [4.69, 9.17) is 9.47 Å². The first-order valence-electron chi connectivity index (χ1n) is 12.7. The molecule has 4 aromatic carbocycles. The fraction of sp³-hybridized carbons (Fsp3) is 0.161. The molecule has 4 aromatic rings. The van der Waals surface area contributed by atoms with E-state index < -0.39 is 23.0 Å². The third kappa shape index (κ3) is 5.78. The summed E-state index contributed by atoms with van der Waals surface area (Å²) >= 11 is 0. The summed E-state index contributed by atoms with van der Waals surface area (Å²) in [5.41, 5.74) is 5.41. The van der Waals surface area contributed by atoms with Crippen molar-refractivity contribution in [2.24, 2.45) is 0 Å². The first-order valence-corrected chi connectivity index (χ1v) is 12.7. The standard InChI is InChI=1S/C31H26N2O7/c34-30(35)28(17-20-13-15-22(16-14-20)39-18-21-7-1-6-12-29(21)33(37)38)32-31(36)40-19-27-25-10-4-2-8-23(25)24-9-3-5-11-26(24)27/h1-16,27-28H,17-19H2,(H,32,36)(H,34,35)/t28-/m0/s1. The van der Waals surface area contributed by atoms with E-state index in [9.17, 15) is 24.8 Å². The van der Waals surface area contributed by atoms with Gasteiger partial charge in [0.25, 0.3) is 5.69 Å². The Morgan fingerprint density at radius 3 is 2.10 bits per heavy atom. The van der Waals surface area contributed by atoms with Gasteiger partial charge in [-0.25, -0.2) is 9.59 Å². The van der Waals surface area contributed by atoms with E-state index in [2.05, 4.69) is 5.32 Å². The molecule has 40 heavy (non-hydrogen) atoms. The molecule has 1 atom stereocenters. The van der Waals surface area contributed by atoms with Crippen LogP contribution in [0.1, 0.15) is 28.2 Å². The second kappa shape index (κ2) is 11.7. The third-order valence-corrected chi connectivity index (χ3v) is 6.88. The van der Waals surface area contributed by atoms with Crippen LogP contribution in [0.25, 0.3) is 11.1 Å². The summed E-state index contributed by atoms with van der Waals surface area (Å²) in [5, 5.41) is 23.3. The van der Waals surface area contributed by atoms with Gasteiger partial charge in [0.2, 0.25) is 0 Å². The number of rotatable bonds is 10. The van der Waals surface area contributed by atoms with Gasteiger partial charge in [0, 0.05) is 18.4 Å². The zero-order valence-corrected chi connectivity index (χ0v) is 21.4. The molecule has 0 radical (unpaired) electrons. The highest BCUT2D eigenvalue weighted by atomic mass is 16.6. The number of ether oxygens (including phenoxy) is 2. The smallest absolute Gasteiger partial charge is 0.407 e. The summed E-state index contributed by atoms with van der Waals surface area (Å²) < 4.78 is 11.2. The van der Waals surface area contributed by atoms with Gasteiger partial charge in [0.15, 0.2) is 0 Å². The van der Waals surface area contributed by atoms with E-state index in [1.165, 1.54) is 6.07 Å². The number of aliphatic carboxylic acids is 1. The molecule has 9 heteroatoms. The maximum atomic E-state index is 12.6. The van der Waals surface area contributed by atoms with Gasteiger partial charge in [-0.1, -0.05) is 72.8 Å². The van der Waals surface area contributed by atoms with Gasteiger partial charge in [-0.15, -0.1) is 0 Å². The molecule has 1 aliphatic rings. The lowest BCUT2D eigenvalue weighted by Gasteiger charge is -2.17. The van der Waals surface area contributed by atoms with E-state index in [-0.39, 0.29) is 31.2 Å². The second-order valence-corrected chi connectivity index (χ2v) is 9.38. The molecule has 202 valence electrons. The number of benzene rings is 4. The van der Waals surface area contributed by atoms with Crippen LogP contribution in [0.2, 0.25) is 0 Å². The lowest BCUT2D eigenvalue weighted by molar-refractivity contribution is -0.385. The number of alkyl carbamates (subject to hydrolysis) is 1. The Balaban J connectivity index is 1.17. The van der Waals surface area contributed by atoms with Crippen molar-refractivity contribution in [3.8, 4) is 16.9 Å². The van der Waals surface area contributed by atoms with Crippen LogP contribution >= 0.6 is 0 Å². The van der Waals surface area contributed by atoms with Crippen molar-refractivity contribution >= 4 is 17.7 Å². The highest BCUT2D eigenvalue weighted by Gasteiger charge is 2.29. The van der Waals surface area contributed by atoms with E-state index in [1.54, 1.807) is 42.5 Å². The number of nitro benzene ring substituents is 1. The predicted molar refractivity (Wildman–Crippen MR) is 147 cm³/mol. The van der Waals surface area contributed by atoms with Crippen molar-refractivity contribution in [1.82, 2.24) is 5.32 Å². The lowest BCUT2D eigenvalue weighted by Crippen LogP contribution is -2.42. The number of nitrogens with zero attached hydrogens (tertiary/aromatic N) is 1. The maximum absolute atomic E-state index is 12.6. The van der Waals surface area contributed by atoms with Crippen molar-refractivity contribution in [2.75, 3.05) is 6.61 Å². The first kappa shape index (κ1) is 26.4. The van der Waals surface area contributed by atoms with E-state index >= 15 is 0 Å². The number of amides is 1. The summed E-state index contributed by atoms with van der Waals surface area (Å²) in [7, 11) is 0. The summed E-state index contributed by atoms with van der Waals surface area (Å²) in [5.74, 6) is -0.852. The Kier molecular flexibility index (Phi) is 7.72. The number of carboxylic acids is 1. The summed E-state index contributed by atoms with van der Waals surface area (Å²) in [6.07, 6.45) is -0.775. The van der Waals surface area contributed by atoms with E-state index in [0.717, 1.165) is 22.3 Å². The molecule has 2 N–H and O–H groups in total. The molecule has 0 unspecified atom stereocenters. The number of carbonyl (C=O) groups excluding carboxylic acids is 1. The van der Waals surface area contributed by atoms with Gasteiger partial charge in [0.05, 0.1) is 10.5 Å². The maximum Gasteiger partial charge on any atom is 0.407 e. The van der Waals surface area contributed by atoms with Crippen LogP contribution in [0.3, 0.4) is 0 Å². The van der Waals surface area contributed by atoms with Crippen LogP contribution in [0.4, 0.5) is 10.5 Å². The quantitative estimate of drug-likeness (QED) is 0.196. The average Bonchev–Trinajstić information content (AvgIpc) is 3.29. The normalized spacial score (nSPS) is 12.6. The SMILES string of the molecule is O=C(N[C@@H](Cc1ccc(OCc2ccccc2[N+](=O)[O-])cc1)C(=O)O)OCC1c2ccccc2-c2ccccc21. The molecule has 9 nitrogen and oxygen atoms in total. The highest BCUT2D eigenvalue weighted by Crippen LogP contribution is 2.44. The zero-order chi connectivity index (χ0) is 28.1. The topological polar surface area (TPSA) is 128 Å². The summed E-state index contributed by atoms with van der Waals surface area (Å²) in [6, 6.07) is 27.7. The number of para-hydroxylation sites is 1. The molecule has 0 saturated carbocycles. The molecule has 0 fully saturated rings. The number of nitro groups is 1. The second-order valence-electron chi connectivity index (χ2n) is 9.38. The molecule has 5 rings (SSSR count). The molecule has 0 aliphatic heterocycles. The Morgan fingerprint density at radius 2 is 1.48 bits per heavy atom. The predicted octanol–water partition coefficient (Wildman–Crippen LogP) is 5.71. The third-order valence-electron chi connectivity index (χ3n) is 6.88. The number of fused-ring (bicyclic) bond motifs is 3. The van der Waals surface area contributed by atoms with Gasteiger partial charge in [-0.2, -0.15) is 0 Å². The van der Waals surface area contributed by atoms with Crippen LogP contribution in [0, 0.1) is 10.1 Å². The number of hydrogen-bond acceptors (Lipinski definition) is 6. The molecule has 0 saturated heterocycles. The Morgan fingerprint density at radius 1 is 0.875 bits per heavy atom. The Bertz CT molecular complexity index is 1510. The lowest BCUT2D eigenvalue weighted by atomic mass is 9.98. The van der Waals surface area contributed by atoms with Crippen molar-refractivity contribution in [2.45, 2.75) is 25.0 Å². The van der Waals surface area contributed by atoms with Crippen molar-refractivity contribution in [3.05, 3.63) is 129 Å². The fourth-order valence-electron chi connectivity index (χ4n) is 4.91. The average molecular weight is 539 g/mol. The van der Waals surface area contributed by atoms with Gasteiger partial charge < -0.3 is 19.9 Å². The fourth-order valence-corrected chi connectivity index (χ4v) is 4.91. The van der Waals surface area contributed by atoms with Gasteiger partial charge >= 0.3 is 12.1 Å². The first-order chi connectivity index (χ1) is 19.4. The number of nitrogens with one attached hydrogen (secondary N) is 1. The molecule has 0 heterocycles. The van der Waals surface area contributed by atoms with E-state index in [0.29, 0.717) is 16.9 Å². The van der Waals surface area contributed by atoms with Gasteiger partial charge in [0.1, 0.15) is 25.0 Å². The molecule has 1 aliphatic carbocycles. The number of carbonyl (C=O) groups is 2. The zero-order valence-electron chi connectivity index (χ0n) is 21.4. The molecule has 0 bridgehead atoms. The van der Waals surface area contributed by atoms with Crippen LogP contribution in [0.5, 0.6) is 5.75 Å². The van der Waals surface area contributed by atoms with Crippen LogP contribution in [0.15, 0.2) is 97.1 Å². The largest absolute Gasteiger partial charge is 0.489 e.